The first kappa shape index (κ1) is 21.9. The van der Waals surface area contributed by atoms with Crippen molar-refractivity contribution in [3.8, 4) is 17.1 Å². The van der Waals surface area contributed by atoms with Crippen LogP contribution in [0.15, 0.2) is 76.1 Å². The monoisotopic (exact) mass is 465 g/mol. The maximum absolute atomic E-state index is 13.0. The van der Waals surface area contributed by atoms with Crippen molar-refractivity contribution < 1.29 is 23.8 Å². The van der Waals surface area contributed by atoms with E-state index in [-0.39, 0.29) is 4.32 Å². The summed E-state index contributed by atoms with van der Waals surface area (Å²) >= 11 is 6.40. The lowest BCUT2D eigenvalue weighted by Gasteiger charge is -2.23. The molecule has 0 aliphatic carbocycles. The maximum atomic E-state index is 13.0. The van der Waals surface area contributed by atoms with Gasteiger partial charge in [-0.15, -0.1) is 0 Å². The number of nitrogens with zero attached hydrogens (tertiary/aromatic N) is 1. The summed E-state index contributed by atoms with van der Waals surface area (Å²) in [5.74, 6) is 0.279. The summed E-state index contributed by atoms with van der Waals surface area (Å²) in [4.78, 5) is 26.5. The molecule has 1 saturated heterocycles. The quantitative estimate of drug-likeness (QED) is 0.371. The second-order valence-corrected chi connectivity index (χ2v) is 8.54. The molecule has 3 aromatic rings. The number of thioether (sulfide) groups is 1. The Kier molecular flexibility index (Phi) is 6.43. The Morgan fingerprint density at radius 2 is 1.88 bits per heavy atom. The van der Waals surface area contributed by atoms with Crippen molar-refractivity contribution in [1.29, 1.82) is 0 Å². The van der Waals surface area contributed by atoms with E-state index in [1.165, 1.54) is 0 Å². The van der Waals surface area contributed by atoms with Crippen molar-refractivity contribution in [1.82, 2.24) is 4.90 Å². The number of carbonyl (C=O) groups excluding carboxylic acids is 1. The minimum absolute atomic E-state index is 0.191. The van der Waals surface area contributed by atoms with Crippen molar-refractivity contribution in [3.63, 3.8) is 0 Å². The minimum atomic E-state index is -1.19. The average molecular weight is 466 g/mol. The van der Waals surface area contributed by atoms with E-state index in [9.17, 15) is 14.7 Å². The molecule has 1 atom stereocenters. The number of aliphatic carboxylic acids is 1. The van der Waals surface area contributed by atoms with Gasteiger partial charge in [-0.2, -0.15) is 0 Å². The van der Waals surface area contributed by atoms with Crippen molar-refractivity contribution in [2.45, 2.75) is 13.0 Å². The van der Waals surface area contributed by atoms with Crippen molar-refractivity contribution >= 4 is 46.3 Å². The van der Waals surface area contributed by atoms with Crippen molar-refractivity contribution in [3.05, 3.63) is 83.0 Å². The lowest BCUT2D eigenvalue weighted by molar-refractivity contribution is -0.145. The predicted molar refractivity (Wildman–Crippen MR) is 127 cm³/mol. The van der Waals surface area contributed by atoms with Crippen LogP contribution >= 0.6 is 24.0 Å². The highest BCUT2D eigenvalue weighted by molar-refractivity contribution is 8.26. The van der Waals surface area contributed by atoms with Crippen LogP contribution in [0.4, 0.5) is 0 Å². The van der Waals surface area contributed by atoms with Crippen LogP contribution in [0.2, 0.25) is 0 Å². The molecule has 1 aliphatic rings. The van der Waals surface area contributed by atoms with Gasteiger partial charge in [-0.1, -0.05) is 54.3 Å². The first-order valence-electron chi connectivity index (χ1n) is 9.86. The highest BCUT2D eigenvalue weighted by Gasteiger charge is 2.41. The molecule has 0 bridgehead atoms. The van der Waals surface area contributed by atoms with Crippen molar-refractivity contribution in [2.24, 2.45) is 0 Å². The molecule has 6 nitrogen and oxygen atoms in total. The van der Waals surface area contributed by atoms with Gasteiger partial charge in [0, 0.05) is 11.6 Å². The number of rotatable bonds is 7. The second kappa shape index (κ2) is 9.42. The van der Waals surface area contributed by atoms with Gasteiger partial charge in [0.2, 0.25) is 0 Å². The third kappa shape index (κ3) is 4.46. The molecule has 0 saturated carbocycles. The maximum Gasteiger partial charge on any atom is 0.331 e. The molecule has 1 aromatic heterocycles. The van der Waals surface area contributed by atoms with Gasteiger partial charge in [-0.25, -0.2) is 4.79 Å². The topological polar surface area (TPSA) is 80.0 Å². The Morgan fingerprint density at radius 3 is 2.53 bits per heavy atom. The highest BCUT2D eigenvalue weighted by atomic mass is 32.2. The van der Waals surface area contributed by atoms with E-state index in [0.717, 1.165) is 28.0 Å². The van der Waals surface area contributed by atoms with E-state index in [1.54, 1.807) is 42.5 Å². The Morgan fingerprint density at radius 1 is 1.16 bits per heavy atom. The molecule has 32 heavy (non-hydrogen) atoms. The number of furan rings is 1. The van der Waals surface area contributed by atoms with Gasteiger partial charge in [0.25, 0.3) is 5.91 Å². The van der Waals surface area contributed by atoms with Crippen LogP contribution in [0.1, 0.15) is 24.3 Å². The minimum Gasteiger partial charge on any atom is -0.494 e. The van der Waals surface area contributed by atoms with Crippen LogP contribution < -0.4 is 4.74 Å². The Hall–Kier alpha value is -3.36. The molecule has 0 radical (unpaired) electrons. The summed E-state index contributed by atoms with van der Waals surface area (Å²) in [5, 5.41) is 9.77. The first-order chi connectivity index (χ1) is 15.5. The molecular weight excluding hydrogens is 446 g/mol. The summed E-state index contributed by atoms with van der Waals surface area (Å²) in [7, 11) is 0. The molecule has 162 valence electrons. The fourth-order valence-corrected chi connectivity index (χ4v) is 4.63. The Bertz CT molecular complexity index is 1180. The predicted octanol–water partition coefficient (Wildman–Crippen LogP) is 5.37. The van der Waals surface area contributed by atoms with Gasteiger partial charge < -0.3 is 14.3 Å². The Balaban J connectivity index is 1.57. The van der Waals surface area contributed by atoms with Crippen LogP contribution in [-0.4, -0.2) is 32.8 Å². The standard InChI is InChI=1S/C24H19NO5S2/c1-2-29-17-10-8-15(9-11-17)19-13-12-18(30-19)14-20-22(26)25(24(31)32-20)21(23(27)28)16-6-4-3-5-7-16/h3-14,21H,2H2,1H3,(H,27,28)/b20-14-. The summed E-state index contributed by atoms with van der Waals surface area (Å²) in [6, 6.07) is 18.5. The Labute approximate surface area is 194 Å². The molecule has 4 rings (SSSR count). The molecule has 2 heterocycles. The van der Waals surface area contributed by atoms with E-state index in [4.69, 9.17) is 21.4 Å². The van der Waals surface area contributed by atoms with Gasteiger partial charge in [0.15, 0.2) is 6.04 Å². The van der Waals surface area contributed by atoms with E-state index in [1.807, 2.05) is 37.3 Å². The van der Waals surface area contributed by atoms with Crippen molar-refractivity contribution in [2.75, 3.05) is 6.61 Å². The molecule has 1 unspecified atom stereocenters. The fourth-order valence-electron chi connectivity index (χ4n) is 3.34. The number of ether oxygens (including phenoxy) is 1. The van der Waals surface area contributed by atoms with Crippen LogP contribution in [-0.2, 0) is 9.59 Å². The number of carbonyl (C=O) groups is 2. The second-order valence-electron chi connectivity index (χ2n) is 6.86. The van der Waals surface area contributed by atoms with Crippen LogP contribution in [0.3, 0.4) is 0 Å². The van der Waals surface area contributed by atoms with Crippen LogP contribution in [0, 0.1) is 0 Å². The SMILES string of the molecule is CCOc1ccc(-c2ccc(/C=C3\SC(=S)N(C(C(=O)O)c4ccccc4)C3=O)o2)cc1. The molecular formula is C24H19NO5S2. The van der Waals surface area contributed by atoms with Gasteiger partial charge in [-0.3, -0.25) is 9.69 Å². The summed E-state index contributed by atoms with van der Waals surface area (Å²) in [5.41, 5.74) is 1.35. The number of hydrogen-bond acceptors (Lipinski definition) is 6. The first-order valence-corrected chi connectivity index (χ1v) is 11.1. The molecule has 0 spiro atoms. The zero-order valence-corrected chi connectivity index (χ0v) is 18.7. The zero-order chi connectivity index (χ0) is 22.7. The number of amides is 1. The third-order valence-electron chi connectivity index (χ3n) is 4.78. The third-order valence-corrected chi connectivity index (χ3v) is 6.11. The zero-order valence-electron chi connectivity index (χ0n) is 17.1. The molecule has 8 heteroatoms. The molecule has 2 aromatic carbocycles. The summed E-state index contributed by atoms with van der Waals surface area (Å²) < 4.78 is 11.5. The van der Waals surface area contributed by atoms with Gasteiger partial charge in [-0.05, 0) is 48.9 Å². The average Bonchev–Trinajstić information content (AvgIpc) is 3.36. The fraction of sp³-hybridized carbons (Fsp3) is 0.125. The summed E-state index contributed by atoms with van der Waals surface area (Å²) in [6.07, 6.45) is 1.58. The molecule has 1 aliphatic heterocycles. The van der Waals surface area contributed by atoms with Gasteiger partial charge in [0.1, 0.15) is 21.6 Å². The van der Waals surface area contributed by atoms with E-state index in [2.05, 4.69) is 0 Å². The molecule has 1 amide bonds. The van der Waals surface area contributed by atoms with Gasteiger partial charge >= 0.3 is 5.97 Å². The highest BCUT2D eigenvalue weighted by Crippen LogP contribution is 2.39. The van der Waals surface area contributed by atoms with E-state index in [0.29, 0.717) is 28.6 Å². The smallest absolute Gasteiger partial charge is 0.331 e. The van der Waals surface area contributed by atoms with E-state index < -0.39 is 17.9 Å². The summed E-state index contributed by atoms with van der Waals surface area (Å²) in [6.45, 7) is 2.52. The van der Waals surface area contributed by atoms with Crippen LogP contribution in [0.25, 0.3) is 17.4 Å². The number of carboxylic acid groups (broad SMARTS) is 1. The lowest BCUT2D eigenvalue weighted by Crippen LogP contribution is -2.37. The number of hydrogen-bond donors (Lipinski definition) is 1. The number of carboxylic acids is 1. The van der Waals surface area contributed by atoms with E-state index >= 15 is 0 Å². The molecule has 1 N–H and O–H groups in total. The lowest BCUT2D eigenvalue weighted by atomic mass is 10.1. The molecule has 1 fully saturated rings. The normalized spacial score (nSPS) is 15.9. The number of thiocarbonyl (C=S) groups is 1. The largest absolute Gasteiger partial charge is 0.494 e. The van der Waals surface area contributed by atoms with Crippen LogP contribution in [0.5, 0.6) is 5.75 Å². The number of benzene rings is 2. The van der Waals surface area contributed by atoms with Gasteiger partial charge in [0.05, 0.1) is 11.5 Å².